The normalized spacial score (nSPS) is 11.0. The molecule has 0 aromatic carbocycles. The summed E-state index contributed by atoms with van der Waals surface area (Å²) >= 11 is 0. The largest absolute Gasteiger partial charge is 0.368 e. The van der Waals surface area contributed by atoms with E-state index in [1.54, 1.807) is 6.20 Å². The number of hydrogen-bond donors (Lipinski definition) is 2. The minimum absolute atomic E-state index is 0.0447. The van der Waals surface area contributed by atoms with E-state index in [-0.39, 0.29) is 5.91 Å². The molecule has 0 atom stereocenters. The Bertz CT molecular complexity index is 590. The fraction of sp³-hybridized carbons (Fsp3) is 0.500. The first-order valence-electron chi connectivity index (χ1n) is 6.96. The lowest BCUT2D eigenvalue weighted by molar-refractivity contribution is -0.120. The summed E-state index contributed by atoms with van der Waals surface area (Å²) in [5.74, 6) is 1.18. The summed E-state index contributed by atoms with van der Waals surface area (Å²) < 4.78 is 1.82. The first-order chi connectivity index (χ1) is 9.61. The van der Waals surface area contributed by atoms with E-state index in [1.165, 1.54) is 0 Å². The minimum Gasteiger partial charge on any atom is -0.368 e. The molecule has 0 spiro atoms. The molecule has 0 saturated heterocycles. The fourth-order valence-electron chi connectivity index (χ4n) is 1.94. The summed E-state index contributed by atoms with van der Waals surface area (Å²) in [6, 6.07) is 2.03. The number of amides is 1. The monoisotopic (exact) mass is 275 g/mol. The maximum Gasteiger partial charge on any atom is 0.221 e. The standard InChI is InChI=1S/C14H21N5O/c1-4-15-13(20)5-6-16-14-12-9-11(10(2)3)18-19(12)8-7-17-14/h7-10H,4-6H2,1-3H3,(H,15,20)(H,16,17). The van der Waals surface area contributed by atoms with Crippen molar-refractivity contribution in [1.29, 1.82) is 0 Å². The second kappa shape index (κ2) is 6.36. The Morgan fingerprint density at radius 1 is 1.45 bits per heavy atom. The van der Waals surface area contributed by atoms with Gasteiger partial charge in [-0.05, 0) is 18.9 Å². The molecule has 2 aromatic heterocycles. The summed E-state index contributed by atoms with van der Waals surface area (Å²) in [6.07, 6.45) is 3.97. The molecule has 2 N–H and O–H groups in total. The molecule has 0 aliphatic rings. The number of rotatable bonds is 6. The van der Waals surface area contributed by atoms with Gasteiger partial charge in [-0.25, -0.2) is 9.50 Å². The molecule has 2 heterocycles. The average Bonchev–Trinajstić information content (AvgIpc) is 2.84. The van der Waals surface area contributed by atoms with Crippen LogP contribution < -0.4 is 10.6 Å². The van der Waals surface area contributed by atoms with E-state index in [4.69, 9.17) is 0 Å². The molecule has 2 aromatic rings. The van der Waals surface area contributed by atoms with Gasteiger partial charge in [-0.3, -0.25) is 4.79 Å². The van der Waals surface area contributed by atoms with E-state index in [9.17, 15) is 4.79 Å². The molecule has 6 nitrogen and oxygen atoms in total. The van der Waals surface area contributed by atoms with Crippen molar-refractivity contribution >= 4 is 17.2 Å². The molecule has 108 valence electrons. The molecule has 0 unspecified atom stereocenters. The van der Waals surface area contributed by atoms with Gasteiger partial charge in [-0.2, -0.15) is 5.10 Å². The first-order valence-corrected chi connectivity index (χ1v) is 6.96. The SMILES string of the molecule is CCNC(=O)CCNc1nccn2nc(C(C)C)cc12. The van der Waals surface area contributed by atoms with Gasteiger partial charge in [0.15, 0.2) is 5.82 Å². The number of fused-ring (bicyclic) bond motifs is 1. The van der Waals surface area contributed by atoms with Gasteiger partial charge in [-0.1, -0.05) is 13.8 Å². The second-order valence-electron chi connectivity index (χ2n) is 4.96. The van der Waals surface area contributed by atoms with Crippen molar-refractivity contribution in [3.63, 3.8) is 0 Å². The van der Waals surface area contributed by atoms with Crippen LogP contribution in [0.4, 0.5) is 5.82 Å². The number of hydrogen-bond acceptors (Lipinski definition) is 4. The lowest BCUT2D eigenvalue weighted by atomic mass is 10.1. The maximum atomic E-state index is 11.4. The van der Waals surface area contributed by atoms with Crippen LogP contribution in [0, 0.1) is 0 Å². The van der Waals surface area contributed by atoms with Gasteiger partial charge >= 0.3 is 0 Å². The van der Waals surface area contributed by atoms with Crippen LogP contribution in [0.3, 0.4) is 0 Å². The van der Waals surface area contributed by atoms with E-state index in [1.807, 2.05) is 23.7 Å². The molecule has 20 heavy (non-hydrogen) atoms. The molecule has 0 fully saturated rings. The summed E-state index contributed by atoms with van der Waals surface area (Å²) in [6.45, 7) is 7.34. The highest BCUT2D eigenvalue weighted by Gasteiger charge is 2.09. The second-order valence-corrected chi connectivity index (χ2v) is 4.96. The van der Waals surface area contributed by atoms with Crippen LogP contribution in [-0.2, 0) is 4.79 Å². The number of aromatic nitrogens is 3. The van der Waals surface area contributed by atoms with Gasteiger partial charge in [0.1, 0.15) is 5.52 Å². The van der Waals surface area contributed by atoms with Gasteiger partial charge < -0.3 is 10.6 Å². The number of nitrogens with one attached hydrogen (secondary N) is 2. The van der Waals surface area contributed by atoms with Crippen LogP contribution in [0.1, 0.15) is 38.8 Å². The third kappa shape index (κ3) is 3.26. The number of carbonyl (C=O) groups is 1. The first kappa shape index (κ1) is 14.3. The molecule has 0 aliphatic carbocycles. The van der Waals surface area contributed by atoms with Crippen molar-refractivity contribution in [2.24, 2.45) is 0 Å². The number of nitrogens with zero attached hydrogens (tertiary/aromatic N) is 3. The molecule has 0 radical (unpaired) electrons. The average molecular weight is 275 g/mol. The quantitative estimate of drug-likeness (QED) is 0.843. The highest BCUT2D eigenvalue weighted by Crippen LogP contribution is 2.19. The predicted molar refractivity (Wildman–Crippen MR) is 78.9 cm³/mol. The summed E-state index contributed by atoms with van der Waals surface area (Å²) in [5, 5.41) is 10.5. The molecular weight excluding hydrogens is 254 g/mol. The lowest BCUT2D eigenvalue weighted by Gasteiger charge is -2.06. The van der Waals surface area contributed by atoms with Crippen molar-refractivity contribution in [2.45, 2.75) is 33.1 Å². The van der Waals surface area contributed by atoms with Crippen molar-refractivity contribution in [1.82, 2.24) is 19.9 Å². The van der Waals surface area contributed by atoms with E-state index in [0.717, 1.165) is 17.0 Å². The molecular formula is C14H21N5O. The van der Waals surface area contributed by atoms with Crippen LogP contribution in [0.15, 0.2) is 18.5 Å². The Labute approximate surface area is 118 Å². The Kier molecular flexibility index (Phi) is 4.55. The summed E-state index contributed by atoms with van der Waals surface area (Å²) in [7, 11) is 0. The predicted octanol–water partition coefficient (Wildman–Crippen LogP) is 1.79. The van der Waals surface area contributed by atoms with Crippen LogP contribution >= 0.6 is 0 Å². The van der Waals surface area contributed by atoms with E-state index in [2.05, 4.69) is 34.6 Å². The molecule has 0 aliphatic heterocycles. The summed E-state index contributed by atoms with van der Waals surface area (Å²) in [4.78, 5) is 15.7. The Morgan fingerprint density at radius 2 is 2.25 bits per heavy atom. The molecule has 6 heteroatoms. The number of carbonyl (C=O) groups excluding carboxylic acids is 1. The Balaban J connectivity index is 2.08. The van der Waals surface area contributed by atoms with Crippen LogP contribution in [-0.4, -0.2) is 33.6 Å². The van der Waals surface area contributed by atoms with Crippen molar-refractivity contribution < 1.29 is 4.79 Å². The van der Waals surface area contributed by atoms with E-state index < -0.39 is 0 Å². The number of anilines is 1. The molecule has 0 saturated carbocycles. The van der Waals surface area contributed by atoms with Gasteiger partial charge in [0.25, 0.3) is 0 Å². The topological polar surface area (TPSA) is 71.3 Å². The van der Waals surface area contributed by atoms with Crippen molar-refractivity contribution in [2.75, 3.05) is 18.4 Å². The van der Waals surface area contributed by atoms with Gasteiger partial charge in [0.05, 0.1) is 5.69 Å². The molecule has 2 rings (SSSR count). The minimum atomic E-state index is 0.0447. The van der Waals surface area contributed by atoms with Crippen LogP contribution in [0.25, 0.3) is 5.52 Å². The van der Waals surface area contributed by atoms with Crippen LogP contribution in [0.5, 0.6) is 0 Å². The lowest BCUT2D eigenvalue weighted by Crippen LogP contribution is -2.24. The van der Waals surface area contributed by atoms with Gasteiger partial charge in [0, 0.05) is 31.9 Å². The van der Waals surface area contributed by atoms with Gasteiger partial charge in [0.2, 0.25) is 5.91 Å². The zero-order chi connectivity index (χ0) is 14.5. The zero-order valence-corrected chi connectivity index (χ0v) is 12.2. The van der Waals surface area contributed by atoms with Crippen molar-refractivity contribution in [3.05, 3.63) is 24.2 Å². The highest BCUT2D eigenvalue weighted by atomic mass is 16.1. The van der Waals surface area contributed by atoms with Crippen molar-refractivity contribution in [3.8, 4) is 0 Å². The van der Waals surface area contributed by atoms with E-state index >= 15 is 0 Å². The zero-order valence-electron chi connectivity index (χ0n) is 12.2. The fourth-order valence-corrected chi connectivity index (χ4v) is 1.94. The highest BCUT2D eigenvalue weighted by molar-refractivity contribution is 5.76. The smallest absolute Gasteiger partial charge is 0.221 e. The van der Waals surface area contributed by atoms with E-state index in [0.29, 0.717) is 25.4 Å². The van der Waals surface area contributed by atoms with Gasteiger partial charge in [-0.15, -0.1) is 0 Å². The Hall–Kier alpha value is -2.11. The summed E-state index contributed by atoms with van der Waals surface area (Å²) in [5.41, 5.74) is 1.97. The molecule has 1 amide bonds. The van der Waals surface area contributed by atoms with Crippen LogP contribution in [0.2, 0.25) is 0 Å². The molecule has 0 bridgehead atoms. The maximum absolute atomic E-state index is 11.4. The Morgan fingerprint density at radius 3 is 2.95 bits per heavy atom. The third-order valence-corrected chi connectivity index (χ3v) is 3.02. The third-order valence-electron chi connectivity index (χ3n) is 3.02.